The molecule has 0 radical (unpaired) electrons. The first-order valence-corrected chi connectivity index (χ1v) is 8.62. The quantitative estimate of drug-likeness (QED) is 0.492. The fourth-order valence-corrected chi connectivity index (χ4v) is 2.76. The molecule has 0 aliphatic rings. The Morgan fingerprint density at radius 1 is 1.07 bits per heavy atom. The number of anilines is 2. The van der Waals surface area contributed by atoms with Crippen molar-refractivity contribution in [2.45, 2.75) is 12.8 Å². The van der Waals surface area contributed by atoms with Gasteiger partial charge in [0.25, 0.3) is 0 Å². The number of pyridine rings is 2. The first-order chi connectivity index (χ1) is 13.1. The number of unbranched alkanes of at least 4 members (excludes halogenated alkanes) is 1. The highest BCUT2D eigenvalue weighted by Gasteiger charge is 2.11. The molecular formula is C21H22N4O2. The minimum absolute atomic E-state index is 0.398. The van der Waals surface area contributed by atoms with Crippen molar-refractivity contribution in [1.29, 1.82) is 0 Å². The molecule has 3 rings (SSSR count). The summed E-state index contributed by atoms with van der Waals surface area (Å²) in [6, 6.07) is 11.5. The van der Waals surface area contributed by atoms with E-state index in [1.54, 1.807) is 14.2 Å². The van der Waals surface area contributed by atoms with E-state index < -0.39 is 0 Å². The summed E-state index contributed by atoms with van der Waals surface area (Å²) < 4.78 is 10.7. The number of benzene rings is 1. The second-order valence-corrected chi connectivity index (χ2v) is 6.00. The number of rotatable bonds is 7. The van der Waals surface area contributed by atoms with E-state index in [2.05, 4.69) is 21.2 Å². The van der Waals surface area contributed by atoms with Gasteiger partial charge in [-0.05, 0) is 42.3 Å². The van der Waals surface area contributed by atoms with E-state index in [-0.39, 0.29) is 0 Å². The van der Waals surface area contributed by atoms with E-state index in [9.17, 15) is 0 Å². The lowest BCUT2D eigenvalue weighted by Gasteiger charge is -2.12. The molecule has 0 bridgehead atoms. The molecule has 0 saturated carbocycles. The van der Waals surface area contributed by atoms with Crippen molar-refractivity contribution < 1.29 is 9.47 Å². The van der Waals surface area contributed by atoms with Gasteiger partial charge in [-0.1, -0.05) is 0 Å². The Morgan fingerprint density at radius 2 is 1.81 bits per heavy atom. The number of nitrogens with one attached hydrogen (secondary N) is 1. The number of aromatic nitrogens is 2. The number of hydrogen-bond acceptors (Lipinski definition) is 6. The molecular weight excluding hydrogens is 340 g/mol. The SMILES string of the molecule is C#CCCCNc1ccc2cc(-c3cc(OC)cc(OC)c3)c(N)nc2n1. The maximum atomic E-state index is 6.22. The van der Waals surface area contributed by atoms with Gasteiger partial charge < -0.3 is 20.5 Å². The van der Waals surface area contributed by atoms with Gasteiger partial charge in [-0.2, -0.15) is 0 Å². The zero-order valence-electron chi connectivity index (χ0n) is 15.5. The van der Waals surface area contributed by atoms with Gasteiger partial charge in [0.15, 0.2) is 5.65 Å². The number of ether oxygens (including phenoxy) is 2. The normalized spacial score (nSPS) is 10.4. The van der Waals surface area contributed by atoms with Crippen molar-refractivity contribution in [1.82, 2.24) is 9.97 Å². The molecule has 3 N–H and O–H groups in total. The summed E-state index contributed by atoms with van der Waals surface area (Å²) in [5.41, 5.74) is 8.48. The first-order valence-electron chi connectivity index (χ1n) is 8.62. The third-order valence-electron chi connectivity index (χ3n) is 4.17. The number of nitrogen functional groups attached to an aromatic ring is 1. The second-order valence-electron chi connectivity index (χ2n) is 6.00. The Labute approximate surface area is 158 Å². The highest BCUT2D eigenvalue weighted by Crippen LogP contribution is 2.33. The molecule has 0 amide bonds. The third kappa shape index (κ3) is 4.21. The average Bonchev–Trinajstić information content (AvgIpc) is 2.70. The second kappa shape index (κ2) is 8.28. The van der Waals surface area contributed by atoms with Crippen LogP contribution >= 0.6 is 0 Å². The molecule has 2 heterocycles. The van der Waals surface area contributed by atoms with E-state index in [0.29, 0.717) is 23.0 Å². The van der Waals surface area contributed by atoms with Gasteiger partial charge in [-0.15, -0.1) is 12.3 Å². The zero-order chi connectivity index (χ0) is 19.2. The maximum Gasteiger partial charge on any atom is 0.163 e. The Kier molecular flexibility index (Phi) is 5.62. The van der Waals surface area contributed by atoms with Crippen LogP contribution in [0.3, 0.4) is 0 Å². The highest BCUT2D eigenvalue weighted by molar-refractivity contribution is 5.88. The molecule has 6 heteroatoms. The summed E-state index contributed by atoms with van der Waals surface area (Å²) in [4.78, 5) is 9.01. The van der Waals surface area contributed by atoms with E-state index in [4.69, 9.17) is 21.6 Å². The molecule has 0 aliphatic heterocycles. The van der Waals surface area contributed by atoms with Crippen molar-refractivity contribution in [2.24, 2.45) is 0 Å². The molecule has 1 aromatic carbocycles. The molecule has 0 saturated heterocycles. The van der Waals surface area contributed by atoms with E-state index in [0.717, 1.165) is 41.7 Å². The molecule has 2 aromatic heterocycles. The van der Waals surface area contributed by atoms with Crippen LogP contribution in [-0.2, 0) is 0 Å². The Balaban J connectivity index is 1.94. The molecule has 0 aliphatic carbocycles. The van der Waals surface area contributed by atoms with Crippen LogP contribution in [0.25, 0.3) is 22.2 Å². The zero-order valence-corrected chi connectivity index (χ0v) is 15.5. The molecule has 0 fully saturated rings. The predicted octanol–water partition coefficient (Wildman–Crippen LogP) is 3.72. The van der Waals surface area contributed by atoms with Crippen LogP contribution in [0.1, 0.15) is 12.8 Å². The van der Waals surface area contributed by atoms with Crippen molar-refractivity contribution in [3.8, 4) is 35.0 Å². The van der Waals surface area contributed by atoms with E-state index in [1.807, 2.05) is 36.4 Å². The Morgan fingerprint density at radius 3 is 2.48 bits per heavy atom. The van der Waals surface area contributed by atoms with Gasteiger partial charge >= 0.3 is 0 Å². The highest BCUT2D eigenvalue weighted by atomic mass is 16.5. The van der Waals surface area contributed by atoms with Crippen LogP contribution in [0.2, 0.25) is 0 Å². The molecule has 27 heavy (non-hydrogen) atoms. The third-order valence-corrected chi connectivity index (χ3v) is 4.17. The lowest BCUT2D eigenvalue weighted by Crippen LogP contribution is -2.04. The maximum absolute atomic E-state index is 6.22. The number of fused-ring (bicyclic) bond motifs is 1. The molecule has 0 unspecified atom stereocenters. The number of nitrogens with two attached hydrogens (primary N) is 1. The number of hydrogen-bond donors (Lipinski definition) is 2. The van der Waals surface area contributed by atoms with E-state index in [1.165, 1.54) is 0 Å². The summed E-state index contributed by atoms with van der Waals surface area (Å²) in [6.07, 6.45) is 6.89. The van der Waals surface area contributed by atoms with E-state index >= 15 is 0 Å². The Hall–Kier alpha value is -3.46. The minimum Gasteiger partial charge on any atom is -0.497 e. The summed E-state index contributed by atoms with van der Waals surface area (Å²) in [7, 11) is 3.23. The van der Waals surface area contributed by atoms with Gasteiger partial charge in [0.1, 0.15) is 23.1 Å². The van der Waals surface area contributed by atoms with Gasteiger partial charge in [0.2, 0.25) is 0 Å². The van der Waals surface area contributed by atoms with Crippen LogP contribution in [-0.4, -0.2) is 30.7 Å². The summed E-state index contributed by atoms with van der Waals surface area (Å²) >= 11 is 0. The summed E-state index contributed by atoms with van der Waals surface area (Å²) in [6.45, 7) is 0.764. The fraction of sp³-hybridized carbons (Fsp3) is 0.238. The monoisotopic (exact) mass is 362 g/mol. The van der Waals surface area contributed by atoms with Crippen LogP contribution < -0.4 is 20.5 Å². The predicted molar refractivity (Wildman–Crippen MR) is 109 cm³/mol. The lowest BCUT2D eigenvalue weighted by atomic mass is 10.0. The lowest BCUT2D eigenvalue weighted by molar-refractivity contribution is 0.394. The molecule has 3 aromatic rings. The molecule has 138 valence electrons. The van der Waals surface area contributed by atoms with Crippen LogP contribution in [0.5, 0.6) is 11.5 Å². The summed E-state index contributed by atoms with van der Waals surface area (Å²) in [5.74, 6) is 5.15. The molecule has 0 spiro atoms. The topological polar surface area (TPSA) is 82.3 Å². The van der Waals surface area contributed by atoms with Crippen LogP contribution in [0.4, 0.5) is 11.6 Å². The molecule has 6 nitrogen and oxygen atoms in total. The standard InChI is InChI=1S/C21H22N4O2/c1-4-5-6-9-23-19-8-7-14-12-18(20(22)25-21(14)24-19)15-10-16(26-2)13-17(11-15)27-3/h1,7-8,10-13H,5-6,9H2,2-3H3,(H3,22,23,24,25). The van der Waals surface area contributed by atoms with Crippen molar-refractivity contribution in [3.63, 3.8) is 0 Å². The van der Waals surface area contributed by atoms with Gasteiger partial charge in [0.05, 0.1) is 14.2 Å². The fourth-order valence-electron chi connectivity index (χ4n) is 2.76. The number of methoxy groups -OCH3 is 2. The van der Waals surface area contributed by atoms with Gasteiger partial charge in [-0.25, -0.2) is 9.97 Å². The van der Waals surface area contributed by atoms with Crippen LogP contribution in [0.15, 0.2) is 36.4 Å². The van der Waals surface area contributed by atoms with Gasteiger partial charge in [-0.3, -0.25) is 0 Å². The minimum atomic E-state index is 0.398. The smallest absolute Gasteiger partial charge is 0.163 e. The van der Waals surface area contributed by atoms with Gasteiger partial charge in [0, 0.05) is 30.0 Å². The Bertz CT molecular complexity index is 973. The van der Waals surface area contributed by atoms with Crippen molar-refractivity contribution in [2.75, 3.05) is 31.8 Å². The largest absolute Gasteiger partial charge is 0.497 e. The van der Waals surface area contributed by atoms with Crippen molar-refractivity contribution >= 4 is 22.7 Å². The summed E-state index contributed by atoms with van der Waals surface area (Å²) in [5, 5.41) is 4.15. The molecule has 0 atom stereocenters. The number of nitrogens with zero attached hydrogens (tertiary/aromatic N) is 2. The van der Waals surface area contributed by atoms with Crippen molar-refractivity contribution in [3.05, 3.63) is 36.4 Å². The first kappa shape index (κ1) is 18.3. The number of terminal acetylenes is 1. The average molecular weight is 362 g/mol. The van der Waals surface area contributed by atoms with Crippen LogP contribution in [0, 0.1) is 12.3 Å².